The van der Waals surface area contributed by atoms with Crippen molar-refractivity contribution in [2.45, 2.75) is 114 Å². The number of aromatic nitrogens is 2. The lowest BCUT2D eigenvalue weighted by molar-refractivity contribution is -0.146. The number of aliphatic carboxylic acids is 2. The van der Waals surface area contributed by atoms with Gasteiger partial charge in [0.15, 0.2) is 5.82 Å². The van der Waals surface area contributed by atoms with Crippen molar-refractivity contribution in [1.29, 1.82) is 0 Å². The predicted molar refractivity (Wildman–Crippen MR) is 397 cm³/mol. The van der Waals surface area contributed by atoms with Crippen LogP contribution in [0.25, 0.3) is 11.3 Å². The molecule has 1 saturated heterocycles. The van der Waals surface area contributed by atoms with E-state index in [1.54, 1.807) is 39.0 Å². The van der Waals surface area contributed by atoms with Crippen molar-refractivity contribution >= 4 is 108 Å². The van der Waals surface area contributed by atoms with Gasteiger partial charge >= 0.3 is 30.0 Å². The van der Waals surface area contributed by atoms with Gasteiger partial charge in [-0.15, -0.1) is 0 Å². The Balaban J connectivity index is 0.713. The first-order chi connectivity index (χ1) is 52.0. The molecule has 2 aliphatic rings. The molecule has 0 aliphatic carbocycles. The summed E-state index contributed by atoms with van der Waals surface area (Å²) < 4.78 is 106. The van der Waals surface area contributed by atoms with Crippen molar-refractivity contribution in [3.8, 4) is 22.8 Å². The number of ether oxygens (including phenoxy) is 5. The largest absolute Gasteiger partial charge is 0.493 e. The number of nitrogens with zero attached hydrogens (tertiary/aromatic N) is 4. The summed E-state index contributed by atoms with van der Waals surface area (Å²) in [5.74, 6) is -7.79. The van der Waals surface area contributed by atoms with Gasteiger partial charge < -0.3 is 86.6 Å². The zero-order valence-electron chi connectivity index (χ0n) is 60.4. The van der Waals surface area contributed by atoms with Gasteiger partial charge in [0.25, 0.3) is 15.9 Å². The van der Waals surface area contributed by atoms with Crippen LogP contribution in [-0.2, 0) is 68.5 Å². The molecule has 2 aliphatic heterocycles. The fraction of sp³-hybridized carbons (Fsp3) is 0.403. The van der Waals surface area contributed by atoms with Crippen LogP contribution in [-0.4, -0.2) is 188 Å². The van der Waals surface area contributed by atoms with Crippen molar-refractivity contribution in [1.82, 2.24) is 41.5 Å². The summed E-state index contributed by atoms with van der Waals surface area (Å²) in [5, 5.41) is 43.3. The Morgan fingerprint density at radius 1 is 0.725 bits per heavy atom. The fourth-order valence-corrected chi connectivity index (χ4v) is 13.7. The number of carboxylic acids is 2. The number of urea groups is 3. The lowest BCUT2D eigenvalue weighted by atomic mass is 10.0. The molecule has 6 atom stereocenters. The van der Waals surface area contributed by atoms with Crippen LogP contribution in [0.3, 0.4) is 0 Å². The van der Waals surface area contributed by atoms with Gasteiger partial charge in [0.2, 0.25) is 23.7 Å². The molecule has 0 spiro atoms. The predicted octanol–water partition coefficient (Wildman–Crippen LogP) is 7.86. The molecule has 3 heterocycles. The highest BCUT2D eigenvalue weighted by Crippen LogP contribution is 2.34. The van der Waals surface area contributed by atoms with Crippen LogP contribution < -0.4 is 62.0 Å². The van der Waals surface area contributed by atoms with Crippen LogP contribution in [0.2, 0.25) is 0 Å². The van der Waals surface area contributed by atoms with Gasteiger partial charge in [-0.1, -0.05) is 39.0 Å². The molecule has 8 rings (SSSR count). The summed E-state index contributed by atoms with van der Waals surface area (Å²) in [5.41, 5.74) is 2.01. The smallest absolute Gasteiger partial charge is 0.319 e. The van der Waals surface area contributed by atoms with Crippen molar-refractivity contribution in [2.24, 2.45) is 10.3 Å². The van der Waals surface area contributed by atoms with Gasteiger partial charge in [0, 0.05) is 84.9 Å². The number of fused-ring (bicyclic) bond motifs is 6. The van der Waals surface area contributed by atoms with Crippen LogP contribution in [0.15, 0.2) is 125 Å². The normalized spacial score (nSPS) is 15.4. The minimum atomic E-state index is -4.19. The minimum Gasteiger partial charge on any atom is -0.493 e. The van der Waals surface area contributed by atoms with E-state index >= 15 is 4.39 Å². The van der Waals surface area contributed by atoms with Crippen molar-refractivity contribution in [3.05, 3.63) is 138 Å². The first-order valence-corrected chi connectivity index (χ1v) is 38.4. The molecule has 0 saturated carbocycles. The molecule has 4 bridgehead atoms. The molecule has 33 nitrogen and oxygen atoms in total. The summed E-state index contributed by atoms with van der Waals surface area (Å²) in [7, 11) is -7.61. The van der Waals surface area contributed by atoms with Crippen molar-refractivity contribution < 1.29 is 98.5 Å². The average Bonchev–Trinajstić information content (AvgIpc) is 1.14. The molecule has 10 amide bonds. The third kappa shape index (κ3) is 26.6. The summed E-state index contributed by atoms with van der Waals surface area (Å²) in [6.45, 7) is 8.01. The second kappa shape index (κ2) is 40.2. The van der Waals surface area contributed by atoms with E-state index in [1.165, 1.54) is 85.1 Å². The number of carbonyl (C=O) groups is 9. The monoisotopic (exact) mass is 1550 g/mol. The van der Waals surface area contributed by atoms with Crippen LogP contribution in [0.5, 0.6) is 11.5 Å². The lowest BCUT2D eigenvalue weighted by Gasteiger charge is -2.29. The molecule has 37 heteroatoms. The molecule has 0 unspecified atom stereocenters. The topological polar surface area (TPSA) is 453 Å². The Bertz CT molecular complexity index is 4500. The highest BCUT2D eigenvalue weighted by atomic mass is 32.2. The van der Waals surface area contributed by atoms with Crippen molar-refractivity contribution in [2.75, 3.05) is 98.1 Å². The molecule has 1 aromatic heterocycles. The van der Waals surface area contributed by atoms with Crippen LogP contribution in [0.1, 0.15) is 89.8 Å². The van der Waals surface area contributed by atoms with Gasteiger partial charge in [-0.2, -0.15) is 4.36 Å². The summed E-state index contributed by atoms with van der Waals surface area (Å²) in [4.78, 5) is 126. The molecule has 6 aromatic rings. The van der Waals surface area contributed by atoms with E-state index in [0.29, 0.717) is 48.5 Å². The zero-order chi connectivity index (χ0) is 78.8. The summed E-state index contributed by atoms with van der Waals surface area (Å²) in [6.07, 6.45) is 1.60. The number of anilines is 6. The van der Waals surface area contributed by atoms with Gasteiger partial charge in [0.1, 0.15) is 41.1 Å². The molecule has 12 N–H and O–H groups in total. The van der Waals surface area contributed by atoms with Crippen LogP contribution >= 0.6 is 0 Å². The number of halogens is 2. The Kier molecular flexibility index (Phi) is 30.8. The van der Waals surface area contributed by atoms with Gasteiger partial charge in [-0.3, -0.25) is 33.5 Å². The zero-order valence-corrected chi connectivity index (χ0v) is 62.0. The van der Waals surface area contributed by atoms with Crippen molar-refractivity contribution in [3.63, 3.8) is 0 Å². The number of carbonyl (C=O) groups excluding carboxylic acids is 7. The Hall–Kier alpha value is -11.2. The van der Waals surface area contributed by atoms with Gasteiger partial charge in [0.05, 0.1) is 97.8 Å². The van der Waals surface area contributed by atoms with Crippen LogP contribution in [0.4, 0.5) is 57.5 Å². The highest BCUT2D eigenvalue weighted by Gasteiger charge is 2.40. The molecule has 586 valence electrons. The quantitative estimate of drug-likeness (QED) is 0.0171. The van der Waals surface area contributed by atoms with E-state index in [2.05, 4.69) is 66.9 Å². The number of sulfonamides is 1. The highest BCUT2D eigenvalue weighted by molar-refractivity contribution is 7.93. The number of hydrogen-bond donors (Lipinski definition) is 12. The molecule has 1 fully saturated rings. The third-order valence-corrected chi connectivity index (χ3v) is 19.2. The Labute approximate surface area is 627 Å². The number of amides is 10. The minimum absolute atomic E-state index is 0.0323. The van der Waals surface area contributed by atoms with E-state index < -0.39 is 134 Å². The molecule has 0 radical (unpaired) electrons. The van der Waals surface area contributed by atoms with E-state index in [9.17, 15) is 70.4 Å². The van der Waals surface area contributed by atoms with E-state index in [4.69, 9.17) is 23.7 Å². The number of nitrogens with one attached hydrogen (secondary N) is 10. The first-order valence-electron chi connectivity index (χ1n) is 34.8. The number of hydrogen-bond acceptors (Lipinski definition) is 20. The fourth-order valence-electron chi connectivity index (χ4n) is 11.3. The summed E-state index contributed by atoms with van der Waals surface area (Å²) >= 11 is 0. The number of benzene rings is 5. The second-order valence-corrected chi connectivity index (χ2v) is 29.8. The first kappa shape index (κ1) is 83.5. The second-order valence-electron chi connectivity index (χ2n) is 25.7. The van der Waals surface area contributed by atoms with Gasteiger partial charge in [-0.25, -0.2) is 45.8 Å². The summed E-state index contributed by atoms with van der Waals surface area (Å²) in [6, 6.07) is 18.9. The SMILES string of the molecule is CCCNC(=O)Nc1cccc(S(=O)(=O)Nc2cccc([C@@H](CC(=O)O)NC(=O)Nc3ccc(NC(=O)NCCOCCOCCOCCC(=O)N[C@@H](CC(=O)O)C(=O)N4CCC[C@H]4C(=O)N[C@@H](C(=O)N=[S@@](C)(=O)Cc4cc5cc(c4)O[C@@H](C)CCOc4cc(F)ccc4-c4nc(ncc4F)N5)C(C)C)cc3)c2)c1. The maximum Gasteiger partial charge on any atom is 0.319 e. The van der Waals surface area contributed by atoms with E-state index in [1.807, 2.05) is 6.92 Å². The molecule has 5 aromatic carbocycles. The third-order valence-electron chi connectivity index (χ3n) is 16.4. The average molecular weight is 1560 g/mol. The lowest BCUT2D eigenvalue weighted by Crippen LogP contribution is -2.56. The Morgan fingerprint density at radius 3 is 2.08 bits per heavy atom. The standard InChI is InChI=1S/C72H88F2N14O19S2/c1-6-23-75-70(97)81-50-11-8-13-54(38-50)109(101,102)86-51-12-7-10-46(35-51)57(39-62(90)91)83-72(99)80-49-18-16-48(17-19-49)79-71(98)76-24-28-104-30-32-105-31-29-103-26-22-61(89)82-58(40-63(92)93)68(96)88-25-9-14-59(88)66(94)84-64(43(2)3)67(95)87-108(5,100)42-45-33-52-37-53(34-45)107-44(4)21-27-106-60-36-47(73)15-20-55(60)65-56(74)41-77-69(78-52)85-65/h7-8,10-13,15-20,33-38,41,43-44,57-59,64,86H,6,9,14,21-32,39-40,42H2,1-5H3,(H,82,89)(H,84,94)(H,90,91)(H,92,93)(H2,75,81,97)(H2,76,79,98)(H,77,78,85)(H2,80,83,99)/t44-,57+,58-,59-,64+,108-/m0/s1. The van der Waals surface area contributed by atoms with E-state index in [0.717, 1.165) is 23.2 Å². The number of rotatable bonds is 34. The van der Waals surface area contributed by atoms with E-state index in [-0.39, 0.29) is 128 Å². The number of likely N-dealkylation sites (tertiary alicyclic amines) is 1. The number of carboxylic acid groups (broad SMARTS) is 2. The molecule has 109 heavy (non-hydrogen) atoms. The molecular weight excluding hydrogens is 1470 g/mol. The van der Waals surface area contributed by atoms with Gasteiger partial charge in [-0.05, 0) is 122 Å². The Morgan fingerprint density at radius 2 is 1.39 bits per heavy atom. The maximum absolute atomic E-state index is 15.2. The molecular formula is C72H88F2N14O19S2. The maximum atomic E-state index is 15.2. The van der Waals surface area contributed by atoms with Crippen LogP contribution in [0, 0.1) is 17.6 Å².